The molecule has 0 fully saturated rings. The predicted octanol–water partition coefficient (Wildman–Crippen LogP) is 4.47. The number of carbonyl (C=O) groups excluding carboxylic acids is 1. The molecular weight excluding hydrogens is 362 g/mol. The molecule has 0 aliphatic heterocycles. The highest BCUT2D eigenvalue weighted by Crippen LogP contribution is 2.22. The van der Waals surface area contributed by atoms with Crippen molar-refractivity contribution in [3.8, 4) is 0 Å². The van der Waals surface area contributed by atoms with E-state index in [1.54, 1.807) is 27.6 Å². The maximum Gasteiger partial charge on any atom is 0.275 e. The third-order valence-corrected chi connectivity index (χ3v) is 4.72. The summed E-state index contributed by atoms with van der Waals surface area (Å²) in [6, 6.07) is 11.0. The molecule has 0 atom stereocenters. The van der Waals surface area contributed by atoms with Gasteiger partial charge in [0.15, 0.2) is 0 Å². The number of hydrogen-bond donors (Lipinski definition) is 1. The average molecular weight is 386 g/mol. The highest BCUT2D eigenvalue weighted by Gasteiger charge is 2.24. The van der Waals surface area contributed by atoms with Gasteiger partial charge in [0.05, 0.1) is 16.4 Å². The predicted molar refractivity (Wildman–Crippen MR) is 111 cm³/mol. The van der Waals surface area contributed by atoms with E-state index < -0.39 is 5.54 Å². The lowest BCUT2D eigenvalue weighted by Gasteiger charge is -2.25. The molecule has 1 heterocycles. The first-order valence-corrected chi connectivity index (χ1v) is 9.24. The minimum absolute atomic E-state index is 0.0175. The van der Waals surface area contributed by atoms with Crippen molar-refractivity contribution >= 4 is 34.1 Å². The molecule has 3 rings (SSSR count). The Kier molecular flexibility index (Phi) is 4.91. The monoisotopic (exact) mass is 385 g/mol. The maximum atomic E-state index is 12.9. The van der Waals surface area contributed by atoms with Crippen molar-refractivity contribution < 1.29 is 4.79 Å². The molecule has 0 radical (unpaired) electrons. The molecule has 0 saturated carbocycles. The fraction of sp³-hybridized carbons (Fsp3) is 0.333. The Hall–Kier alpha value is -2.53. The fourth-order valence-electron chi connectivity index (χ4n) is 3.33. The first kappa shape index (κ1) is 19.2. The van der Waals surface area contributed by atoms with E-state index in [0.29, 0.717) is 15.9 Å². The summed E-state index contributed by atoms with van der Waals surface area (Å²) in [7, 11) is 0. The molecule has 0 spiro atoms. The standard InChI is InChI=1S/C21H24ClN3O2/c1-13-6-9-17(14(2)10-13)23-19(26)12-24-18-11-15(22)7-8-16(18)20(27)25(24)21(3,4)5/h6-11H,12H2,1-5H3,(H,23,26). The molecule has 0 bridgehead atoms. The van der Waals surface area contributed by atoms with Crippen molar-refractivity contribution in [3.63, 3.8) is 0 Å². The molecule has 0 unspecified atom stereocenters. The van der Waals surface area contributed by atoms with Crippen LogP contribution in [0.1, 0.15) is 31.9 Å². The van der Waals surface area contributed by atoms with Gasteiger partial charge in [-0.3, -0.25) is 14.3 Å². The first-order valence-electron chi connectivity index (χ1n) is 8.86. The van der Waals surface area contributed by atoms with Gasteiger partial charge in [0, 0.05) is 10.7 Å². The van der Waals surface area contributed by atoms with Crippen molar-refractivity contribution in [1.29, 1.82) is 0 Å². The number of aryl methyl sites for hydroxylation is 2. The number of amides is 1. The van der Waals surface area contributed by atoms with Gasteiger partial charge in [-0.25, -0.2) is 4.68 Å². The van der Waals surface area contributed by atoms with Gasteiger partial charge in [0.2, 0.25) is 5.91 Å². The second-order valence-electron chi connectivity index (χ2n) is 7.87. The number of benzene rings is 2. The zero-order valence-corrected chi connectivity index (χ0v) is 17.0. The Morgan fingerprint density at radius 3 is 2.44 bits per heavy atom. The molecule has 27 heavy (non-hydrogen) atoms. The lowest BCUT2D eigenvalue weighted by Crippen LogP contribution is -2.38. The zero-order valence-electron chi connectivity index (χ0n) is 16.3. The lowest BCUT2D eigenvalue weighted by molar-refractivity contribution is -0.117. The van der Waals surface area contributed by atoms with Crippen LogP contribution in [-0.2, 0) is 16.9 Å². The molecule has 0 saturated heterocycles. The molecule has 142 valence electrons. The van der Waals surface area contributed by atoms with E-state index in [-0.39, 0.29) is 18.0 Å². The Labute approximate surface area is 163 Å². The van der Waals surface area contributed by atoms with Gasteiger partial charge in [-0.15, -0.1) is 0 Å². The first-order chi connectivity index (χ1) is 12.6. The summed E-state index contributed by atoms with van der Waals surface area (Å²) in [4.78, 5) is 25.7. The third kappa shape index (κ3) is 3.78. The molecule has 1 N–H and O–H groups in total. The van der Waals surface area contributed by atoms with Gasteiger partial charge in [0.25, 0.3) is 5.56 Å². The quantitative estimate of drug-likeness (QED) is 0.723. The van der Waals surface area contributed by atoms with Crippen LogP contribution in [0.15, 0.2) is 41.2 Å². The van der Waals surface area contributed by atoms with Crippen LogP contribution in [0.25, 0.3) is 10.9 Å². The summed E-state index contributed by atoms with van der Waals surface area (Å²) in [6.07, 6.45) is 0. The SMILES string of the molecule is Cc1ccc(NC(=O)Cn2c3cc(Cl)ccc3c(=O)n2C(C)(C)C)c(C)c1. The Morgan fingerprint density at radius 2 is 1.81 bits per heavy atom. The van der Waals surface area contributed by atoms with E-state index in [4.69, 9.17) is 11.6 Å². The lowest BCUT2D eigenvalue weighted by atomic mass is 10.1. The summed E-state index contributed by atoms with van der Waals surface area (Å²) >= 11 is 6.14. The van der Waals surface area contributed by atoms with Crippen molar-refractivity contribution in [2.75, 3.05) is 5.32 Å². The van der Waals surface area contributed by atoms with Gasteiger partial charge in [-0.2, -0.15) is 0 Å². The van der Waals surface area contributed by atoms with Crippen molar-refractivity contribution in [3.05, 3.63) is 62.9 Å². The van der Waals surface area contributed by atoms with Gasteiger partial charge >= 0.3 is 0 Å². The number of anilines is 1. The van der Waals surface area contributed by atoms with Crippen LogP contribution >= 0.6 is 11.6 Å². The second kappa shape index (κ2) is 6.89. The van der Waals surface area contributed by atoms with Crippen LogP contribution in [0, 0.1) is 13.8 Å². The number of hydrogen-bond acceptors (Lipinski definition) is 2. The number of aromatic nitrogens is 2. The number of carbonyl (C=O) groups is 1. The Balaban J connectivity index is 2.04. The summed E-state index contributed by atoms with van der Waals surface area (Å²) in [5.41, 5.74) is 2.94. The molecular formula is C21H24ClN3O2. The largest absolute Gasteiger partial charge is 0.324 e. The number of nitrogens with zero attached hydrogens (tertiary/aromatic N) is 2. The molecule has 1 amide bonds. The average Bonchev–Trinajstić information content (AvgIpc) is 2.81. The highest BCUT2D eigenvalue weighted by atomic mass is 35.5. The van der Waals surface area contributed by atoms with Crippen LogP contribution in [0.3, 0.4) is 0 Å². The van der Waals surface area contributed by atoms with Crippen LogP contribution < -0.4 is 10.9 Å². The maximum absolute atomic E-state index is 12.9. The molecule has 5 nitrogen and oxygen atoms in total. The summed E-state index contributed by atoms with van der Waals surface area (Å²) in [5.74, 6) is -0.197. The molecule has 2 aromatic carbocycles. The Bertz CT molecular complexity index is 1090. The molecule has 0 aliphatic carbocycles. The van der Waals surface area contributed by atoms with Crippen LogP contribution in [-0.4, -0.2) is 15.3 Å². The summed E-state index contributed by atoms with van der Waals surface area (Å²) < 4.78 is 3.33. The Morgan fingerprint density at radius 1 is 1.11 bits per heavy atom. The van der Waals surface area contributed by atoms with E-state index in [1.807, 2.05) is 52.8 Å². The molecule has 3 aromatic rings. The third-order valence-electron chi connectivity index (χ3n) is 4.49. The van der Waals surface area contributed by atoms with E-state index in [1.165, 1.54) is 0 Å². The second-order valence-corrected chi connectivity index (χ2v) is 8.31. The van der Waals surface area contributed by atoms with E-state index >= 15 is 0 Å². The number of fused-ring (bicyclic) bond motifs is 1. The van der Waals surface area contributed by atoms with E-state index in [0.717, 1.165) is 16.8 Å². The van der Waals surface area contributed by atoms with Gasteiger partial charge < -0.3 is 5.32 Å². The van der Waals surface area contributed by atoms with Gasteiger partial charge in [-0.1, -0.05) is 29.3 Å². The highest BCUT2D eigenvalue weighted by molar-refractivity contribution is 6.31. The van der Waals surface area contributed by atoms with Gasteiger partial charge in [0.1, 0.15) is 6.54 Å². The van der Waals surface area contributed by atoms with Crippen molar-refractivity contribution in [2.24, 2.45) is 0 Å². The molecule has 6 heteroatoms. The number of nitrogens with one attached hydrogen (secondary N) is 1. The number of halogens is 1. The van der Waals surface area contributed by atoms with Crippen LogP contribution in [0.4, 0.5) is 5.69 Å². The summed E-state index contributed by atoms with van der Waals surface area (Å²) in [6.45, 7) is 9.80. The zero-order chi connectivity index (χ0) is 19.9. The van der Waals surface area contributed by atoms with Crippen molar-refractivity contribution in [2.45, 2.75) is 46.7 Å². The smallest absolute Gasteiger partial charge is 0.275 e. The minimum Gasteiger partial charge on any atom is -0.324 e. The summed E-state index contributed by atoms with van der Waals surface area (Å²) in [5, 5.41) is 4.02. The van der Waals surface area contributed by atoms with Gasteiger partial charge in [-0.05, 0) is 64.4 Å². The van der Waals surface area contributed by atoms with Crippen molar-refractivity contribution in [1.82, 2.24) is 9.36 Å². The minimum atomic E-state index is -0.483. The molecule has 1 aromatic heterocycles. The topological polar surface area (TPSA) is 56.0 Å². The normalized spacial score (nSPS) is 11.8. The fourth-order valence-corrected chi connectivity index (χ4v) is 3.50. The van der Waals surface area contributed by atoms with Crippen LogP contribution in [0.2, 0.25) is 5.02 Å². The molecule has 0 aliphatic rings. The number of rotatable bonds is 3. The van der Waals surface area contributed by atoms with E-state index in [9.17, 15) is 9.59 Å². The van der Waals surface area contributed by atoms with E-state index in [2.05, 4.69) is 5.32 Å². The van der Waals surface area contributed by atoms with Crippen LogP contribution in [0.5, 0.6) is 0 Å².